The van der Waals surface area contributed by atoms with Crippen LogP contribution in [0.4, 0.5) is 0 Å². The molecule has 1 aliphatic carbocycles. The lowest BCUT2D eigenvalue weighted by Gasteiger charge is -2.27. The fraction of sp³-hybridized carbons (Fsp3) is 0.556. The molecule has 7 nitrogen and oxygen atoms in total. The molecule has 1 fully saturated rings. The highest BCUT2D eigenvalue weighted by Crippen LogP contribution is 2.28. The molecule has 0 saturated heterocycles. The summed E-state index contributed by atoms with van der Waals surface area (Å²) in [6.07, 6.45) is 1.72. The van der Waals surface area contributed by atoms with Gasteiger partial charge in [-0.2, -0.15) is 0 Å². The van der Waals surface area contributed by atoms with Crippen LogP contribution in [0.1, 0.15) is 38.7 Å². The van der Waals surface area contributed by atoms with Crippen molar-refractivity contribution in [2.45, 2.75) is 57.8 Å². The number of phenolic OH excluding ortho intramolecular Hbond substituents is 2. The topological polar surface area (TPSA) is 119 Å². The molecule has 0 radical (unpaired) electrons. The molecular formula is C18H25NO6. The SMILES string of the molecule is C[C@@H](OC(=O)C1CCC1)[C@@H](C)OC(=O)[C@@H](N)Cc1ccc(O)c(O)c1. The fourth-order valence-corrected chi connectivity index (χ4v) is 2.42. The predicted octanol–water partition coefficient (Wildman–Crippen LogP) is 1.63. The van der Waals surface area contributed by atoms with Crippen LogP contribution in [0.2, 0.25) is 0 Å². The maximum absolute atomic E-state index is 12.1. The van der Waals surface area contributed by atoms with Crippen LogP contribution in [0.5, 0.6) is 11.5 Å². The van der Waals surface area contributed by atoms with Gasteiger partial charge in [-0.15, -0.1) is 0 Å². The molecule has 0 spiro atoms. The summed E-state index contributed by atoms with van der Waals surface area (Å²) in [6.45, 7) is 3.33. The predicted molar refractivity (Wildman–Crippen MR) is 89.9 cm³/mol. The minimum Gasteiger partial charge on any atom is -0.504 e. The molecule has 3 atom stereocenters. The Morgan fingerprint density at radius 3 is 2.36 bits per heavy atom. The van der Waals surface area contributed by atoms with Crippen molar-refractivity contribution < 1.29 is 29.3 Å². The lowest BCUT2D eigenvalue weighted by molar-refractivity contribution is -0.170. The van der Waals surface area contributed by atoms with E-state index in [-0.39, 0.29) is 29.8 Å². The average molecular weight is 351 g/mol. The van der Waals surface area contributed by atoms with Gasteiger partial charge in [0.1, 0.15) is 18.2 Å². The van der Waals surface area contributed by atoms with Crippen molar-refractivity contribution in [2.24, 2.45) is 11.7 Å². The zero-order chi connectivity index (χ0) is 18.6. The minimum absolute atomic E-state index is 0.0326. The van der Waals surface area contributed by atoms with E-state index in [1.165, 1.54) is 12.1 Å². The maximum atomic E-state index is 12.1. The summed E-state index contributed by atoms with van der Waals surface area (Å²) in [5.41, 5.74) is 6.43. The molecule has 1 aromatic rings. The number of benzene rings is 1. The van der Waals surface area contributed by atoms with Gasteiger partial charge in [-0.25, -0.2) is 0 Å². The van der Waals surface area contributed by atoms with E-state index in [0.717, 1.165) is 19.3 Å². The molecule has 4 N–H and O–H groups in total. The van der Waals surface area contributed by atoms with Gasteiger partial charge in [0.2, 0.25) is 0 Å². The number of nitrogens with two attached hydrogens (primary N) is 1. The molecule has 0 aliphatic heterocycles. The number of hydrogen-bond donors (Lipinski definition) is 3. The quantitative estimate of drug-likeness (QED) is 0.504. The summed E-state index contributed by atoms with van der Waals surface area (Å²) in [5, 5.41) is 18.8. The van der Waals surface area contributed by atoms with Gasteiger partial charge in [-0.3, -0.25) is 9.59 Å². The molecule has 138 valence electrons. The number of carbonyl (C=O) groups is 2. The molecule has 0 aromatic heterocycles. The van der Waals surface area contributed by atoms with E-state index in [2.05, 4.69) is 0 Å². The second-order valence-electron chi connectivity index (χ2n) is 6.55. The Labute approximate surface area is 146 Å². The normalized spacial score (nSPS) is 17.9. The fourth-order valence-electron chi connectivity index (χ4n) is 2.42. The lowest BCUT2D eigenvalue weighted by atomic mass is 9.86. The van der Waals surface area contributed by atoms with Crippen molar-refractivity contribution in [1.82, 2.24) is 0 Å². The van der Waals surface area contributed by atoms with Crippen molar-refractivity contribution >= 4 is 11.9 Å². The zero-order valence-corrected chi connectivity index (χ0v) is 14.5. The Bertz CT molecular complexity index is 628. The number of rotatable bonds is 7. The van der Waals surface area contributed by atoms with Crippen LogP contribution in [-0.2, 0) is 25.5 Å². The third-order valence-electron chi connectivity index (χ3n) is 4.50. The van der Waals surface area contributed by atoms with Crippen LogP contribution in [0.3, 0.4) is 0 Å². The smallest absolute Gasteiger partial charge is 0.323 e. The summed E-state index contributed by atoms with van der Waals surface area (Å²) in [7, 11) is 0. The summed E-state index contributed by atoms with van der Waals surface area (Å²) >= 11 is 0. The first-order valence-electron chi connectivity index (χ1n) is 8.45. The maximum Gasteiger partial charge on any atom is 0.323 e. The Hall–Kier alpha value is -2.28. The first kappa shape index (κ1) is 19.1. The van der Waals surface area contributed by atoms with Crippen molar-refractivity contribution in [2.75, 3.05) is 0 Å². The van der Waals surface area contributed by atoms with E-state index >= 15 is 0 Å². The van der Waals surface area contributed by atoms with Gasteiger partial charge in [-0.05, 0) is 50.8 Å². The molecule has 1 saturated carbocycles. The molecule has 1 aromatic carbocycles. The third-order valence-corrected chi connectivity index (χ3v) is 4.50. The van der Waals surface area contributed by atoms with Gasteiger partial charge in [0.15, 0.2) is 11.5 Å². The Balaban J connectivity index is 1.82. The van der Waals surface area contributed by atoms with Crippen LogP contribution in [0.25, 0.3) is 0 Å². The first-order chi connectivity index (χ1) is 11.8. The molecule has 0 unspecified atom stereocenters. The number of esters is 2. The van der Waals surface area contributed by atoms with Crippen molar-refractivity contribution in [3.63, 3.8) is 0 Å². The van der Waals surface area contributed by atoms with E-state index in [0.29, 0.717) is 5.56 Å². The van der Waals surface area contributed by atoms with Crippen molar-refractivity contribution in [3.05, 3.63) is 23.8 Å². The van der Waals surface area contributed by atoms with E-state index in [4.69, 9.17) is 15.2 Å². The molecule has 1 aliphatic rings. The first-order valence-corrected chi connectivity index (χ1v) is 8.45. The molecular weight excluding hydrogens is 326 g/mol. The second kappa shape index (κ2) is 8.20. The number of hydrogen-bond acceptors (Lipinski definition) is 7. The monoisotopic (exact) mass is 351 g/mol. The van der Waals surface area contributed by atoms with Gasteiger partial charge in [-0.1, -0.05) is 12.5 Å². The summed E-state index contributed by atoms with van der Waals surface area (Å²) in [6, 6.07) is 3.30. The summed E-state index contributed by atoms with van der Waals surface area (Å²) in [5.74, 6) is -1.41. The highest BCUT2D eigenvalue weighted by atomic mass is 16.6. The van der Waals surface area contributed by atoms with E-state index < -0.39 is 24.2 Å². The van der Waals surface area contributed by atoms with Crippen molar-refractivity contribution in [1.29, 1.82) is 0 Å². The van der Waals surface area contributed by atoms with Crippen LogP contribution in [-0.4, -0.2) is 40.4 Å². The van der Waals surface area contributed by atoms with E-state index in [1.54, 1.807) is 19.9 Å². The van der Waals surface area contributed by atoms with Gasteiger partial charge in [0.05, 0.1) is 5.92 Å². The Morgan fingerprint density at radius 1 is 1.16 bits per heavy atom. The minimum atomic E-state index is -0.930. The van der Waals surface area contributed by atoms with Gasteiger partial charge in [0, 0.05) is 0 Å². The van der Waals surface area contributed by atoms with Crippen molar-refractivity contribution in [3.8, 4) is 11.5 Å². The average Bonchev–Trinajstić information content (AvgIpc) is 2.48. The number of carbonyl (C=O) groups excluding carboxylic acids is 2. The lowest BCUT2D eigenvalue weighted by Crippen LogP contribution is -2.40. The van der Waals surface area contributed by atoms with Gasteiger partial charge < -0.3 is 25.4 Å². The molecule has 0 heterocycles. The largest absolute Gasteiger partial charge is 0.504 e. The van der Waals surface area contributed by atoms with E-state index in [1.807, 2.05) is 0 Å². The van der Waals surface area contributed by atoms with Crippen LogP contribution in [0, 0.1) is 5.92 Å². The Morgan fingerprint density at radius 2 is 1.80 bits per heavy atom. The van der Waals surface area contributed by atoms with Crippen LogP contribution in [0.15, 0.2) is 18.2 Å². The van der Waals surface area contributed by atoms with Gasteiger partial charge in [0.25, 0.3) is 0 Å². The van der Waals surface area contributed by atoms with Crippen LogP contribution >= 0.6 is 0 Å². The highest BCUT2D eigenvalue weighted by molar-refractivity contribution is 5.76. The molecule has 7 heteroatoms. The number of aromatic hydroxyl groups is 2. The van der Waals surface area contributed by atoms with Crippen LogP contribution < -0.4 is 5.73 Å². The number of ether oxygens (including phenoxy) is 2. The molecule has 0 bridgehead atoms. The molecule has 25 heavy (non-hydrogen) atoms. The zero-order valence-electron chi connectivity index (χ0n) is 14.5. The molecule has 0 amide bonds. The standard InChI is InChI=1S/C18H25NO6/c1-10(24-17(22)13-4-3-5-13)11(2)25-18(23)14(19)8-12-6-7-15(20)16(21)9-12/h6-7,9-11,13-14,20-21H,3-5,8,19H2,1-2H3/t10-,11-,14+/m1/s1. The summed E-state index contributed by atoms with van der Waals surface area (Å²) in [4.78, 5) is 23.9. The number of phenols is 2. The Kier molecular flexibility index (Phi) is 6.25. The highest BCUT2D eigenvalue weighted by Gasteiger charge is 2.30. The van der Waals surface area contributed by atoms with E-state index in [9.17, 15) is 19.8 Å². The molecule has 2 rings (SSSR count). The van der Waals surface area contributed by atoms with Gasteiger partial charge >= 0.3 is 11.9 Å². The third kappa shape index (κ3) is 5.09. The summed E-state index contributed by atoms with van der Waals surface area (Å²) < 4.78 is 10.6. The second-order valence-corrected chi connectivity index (χ2v) is 6.55.